The third-order valence-electron chi connectivity index (χ3n) is 6.38. The molecule has 1 unspecified atom stereocenters. The Balaban J connectivity index is 1.69. The molecule has 6 nitrogen and oxygen atoms in total. The quantitative estimate of drug-likeness (QED) is 0.506. The highest BCUT2D eigenvalue weighted by atomic mass is 19.1. The second-order valence-electron chi connectivity index (χ2n) is 9.11. The summed E-state index contributed by atoms with van der Waals surface area (Å²) < 4.78 is 18.6. The van der Waals surface area contributed by atoms with Gasteiger partial charge in [-0.3, -0.25) is 9.78 Å². The number of urea groups is 1. The third kappa shape index (κ3) is 5.40. The summed E-state index contributed by atoms with van der Waals surface area (Å²) in [6.45, 7) is 3.87. The minimum Gasteiger partial charge on any atom is -0.497 e. The summed E-state index contributed by atoms with van der Waals surface area (Å²) >= 11 is 0. The summed E-state index contributed by atoms with van der Waals surface area (Å²) in [7, 11) is 1.61. The maximum atomic E-state index is 13.6. The number of benzene rings is 2. The van der Waals surface area contributed by atoms with E-state index in [4.69, 9.17) is 4.74 Å². The van der Waals surface area contributed by atoms with Crippen molar-refractivity contribution < 1.29 is 18.7 Å². The number of nitrogens with zero attached hydrogens (tertiary/aromatic N) is 2. The second-order valence-corrected chi connectivity index (χ2v) is 9.11. The molecule has 0 aliphatic carbocycles. The summed E-state index contributed by atoms with van der Waals surface area (Å²) in [6.07, 6.45) is 3.89. The first-order chi connectivity index (χ1) is 16.8. The van der Waals surface area contributed by atoms with E-state index < -0.39 is 11.5 Å². The van der Waals surface area contributed by atoms with Crippen molar-refractivity contribution in [1.29, 1.82) is 0 Å². The van der Waals surface area contributed by atoms with Gasteiger partial charge in [-0.25, -0.2) is 9.18 Å². The molecular formula is C28H28FN3O3. The highest BCUT2D eigenvalue weighted by Crippen LogP contribution is 2.38. The summed E-state index contributed by atoms with van der Waals surface area (Å²) in [4.78, 5) is 33.1. The molecule has 2 aromatic carbocycles. The Morgan fingerprint density at radius 1 is 1.14 bits per heavy atom. The molecule has 1 aliphatic heterocycles. The monoisotopic (exact) mass is 473 g/mol. The molecule has 180 valence electrons. The van der Waals surface area contributed by atoms with Crippen LogP contribution < -0.4 is 10.1 Å². The number of carbonyl (C=O) groups is 2. The Morgan fingerprint density at radius 3 is 2.49 bits per heavy atom. The normalized spacial score (nSPS) is 18.4. The van der Waals surface area contributed by atoms with E-state index in [1.165, 1.54) is 24.3 Å². The Kier molecular flexibility index (Phi) is 6.96. The topological polar surface area (TPSA) is 71.5 Å². The number of methoxy groups -OCH3 is 1. The first-order valence-corrected chi connectivity index (χ1v) is 11.4. The average Bonchev–Trinajstić information content (AvgIpc) is 2.86. The molecule has 0 saturated carbocycles. The minimum absolute atomic E-state index is 0.0208. The smallest absolute Gasteiger partial charge is 0.322 e. The molecule has 0 spiro atoms. The maximum Gasteiger partial charge on any atom is 0.322 e. The molecule has 1 fully saturated rings. The van der Waals surface area contributed by atoms with Gasteiger partial charge in [0.2, 0.25) is 0 Å². The number of ether oxygens (including phenoxy) is 1. The van der Waals surface area contributed by atoms with Crippen molar-refractivity contribution in [3.05, 3.63) is 95.6 Å². The van der Waals surface area contributed by atoms with Gasteiger partial charge in [-0.05, 0) is 66.6 Å². The van der Waals surface area contributed by atoms with Crippen molar-refractivity contribution in [3.8, 4) is 5.75 Å². The first kappa shape index (κ1) is 24.1. The lowest BCUT2D eigenvalue weighted by Gasteiger charge is -2.46. The highest BCUT2D eigenvalue weighted by Gasteiger charge is 2.47. The summed E-state index contributed by atoms with van der Waals surface area (Å²) in [6, 6.07) is 17.9. The Morgan fingerprint density at radius 2 is 1.86 bits per heavy atom. The molecule has 1 aliphatic rings. The van der Waals surface area contributed by atoms with Crippen molar-refractivity contribution in [1.82, 2.24) is 9.88 Å². The van der Waals surface area contributed by atoms with Crippen molar-refractivity contribution in [3.63, 3.8) is 0 Å². The fourth-order valence-corrected chi connectivity index (χ4v) is 4.36. The number of halogens is 1. The third-order valence-corrected chi connectivity index (χ3v) is 6.38. The van der Waals surface area contributed by atoms with Crippen molar-refractivity contribution >= 4 is 23.6 Å². The lowest BCUT2D eigenvalue weighted by atomic mass is 9.71. The molecule has 0 radical (unpaired) electrons. The van der Waals surface area contributed by atoms with Crippen LogP contribution in [0.3, 0.4) is 0 Å². The molecule has 1 saturated heterocycles. The van der Waals surface area contributed by atoms with Crippen molar-refractivity contribution in [2.75, 3.05) is 19.0 Å². The average molecular weight is 474 g/mol. The van der Waals surface area contributed by atoms with Crippen LogP contribution in [0.15, 0.2) is 78.5 Å². The van der Waals surface area contributed by atoms with Crippen molar-refractivity contribution in [2.45, 2.75) is 26.3 Å². The van der Waals surface area contributed by atoms with E-state index in [-0.39, 0.29) is 24.2 Å². The zero-order valence-electron chi connectivity index (χ0n) is 20.0. The maximum absolute atomic E-state index is 13.6. The number of amides is 2. The van der Waals surface area contributed by atoms with Gasteiger partial charge in [0.1, 0.15) is 11.6 Å². The van der Waals surface area contributed by atoms with Gasteiger partial charge >= 0.3 is 6.03 Å². The zero-order chi connectivity index (χ0) is 25.0. The summed E-state index contributed by atoms with van der Waals surface area (Å²) in [5.74, 6) is 0.331. The van der Waals surface area contributed by atoms with Crippen LogP contribution >= 0.6 is 0 Å². The van der Waals surface area contributed by atoms with Crippen LogP contribution in [-0.4, -0.2) is 41.4 Å². The SMILES string of the molecule is COc1ccc(CC2N(C(=O)Nc3ccc(F)cc3)C/C(=C\c3ccccn3)C(=O)C2(C)C)cc1. The molecule has 4 rings (SSSR count). The summed E-state index contributed by atoms with van der Waals surface area (Å²) in [5.41, 5.74) is 1.75. The number of aromatic nitrogens is 1. The Labute approximate surface area is 204 Å². The van der Waals surface area contributed by atoms with Gasteiger partial charge in [-0.2, -0.15) is 0 Å². The number of nitrogens with one attached hydrogen (secondary N) is 1. The van der Waals surface area contributed by atoms with Gasteiger partial charge in [-0.1, -0.05) is 32.0 Å². The minimum atomic E-state index is -0.862. The van der Waals surface area contributed by atoms with E-state index in [9.17, 15) is 14.0 Å². The number of Topliss-reactive ketones (excluding diaryl/α,β-unsaturated/α-hetero) is 1. The molecule has 1 aromatic heterocycles. The van der Waals surface area contributed by atoms with Crippen LogP contribution in [0, 0.1) is 11.2 Å². The molecule has 7 heteroatoms. The van der Waals surface area contributed by atoms with Crippen molar-refractivity contribution in [2.24, 2.45) is 5.41 Å². The van der Waals surface area contributed by atoms with Crippen LogP contribution in [0.25, 0.3) is 6.08 Å². The van der Waals surface area contributed by atoms with Crippen LogP contribution in [-0.2, 0) is 11.2 Å². The van der Waals surface area contributed by atoms with E-state index >= 15 is 0 Å². The van der Waals surface area contributed by atoms with E-state index in [0.29, 0.717) is 23.4 Å². The number of hydrogen-bond donors (Lipinski definition) is 1. The van der Waals surface area contributed by atoms with Gasteiger partial charge in [0.25, 0.3) is 0 Å². The van der Waals surface area contributed by atoms with E-state index in [0.717, 1.165) is 11.3 Å². The number of hydrogen-bond acceptors (Lipinski definition) is 4. The van der Waals surface area contributed by atoms with Gasteiger partial charge in [0.15, 0.2) is 5.78 Å². The molecule has 35 heavy (non-hydrogen) atoms. The fraction of sp³-hybridized carbons (Fsp3) is 0.250. The predicted molar refractivity (Wildman–Crippen MR) is 134 cm³/mol. The summed E-state index contributed by atoms with van der Waals surface area (Å²) in [5, 5.41) is 2.86. The molecule has 3 aromatic rings. The lowest BCUT2D eigenvalue weighted by molar-refractivity contribution is -0.128. The Hall–Kier alpha value is -4.00. The number of carbonyl (C=O) groups excluding carboxylic acids is 2. The molecule has 2 heterocycles. The first-order valence-electron chi connectivity index (χ1n) is 11.4. The number of pyridine rings is 1. The second kappa shape index (κ2) is 10.1. The van der Waals surface area contributed by atoms with E-state index in [1.807, 2.05) is 56.3 Å². The van der Waals surface area contributed by atoms with Crippen LogP contribution in [0.1, 0.15) is 25.1 Å². The fourth-order valence-electron chi connectivity index (χ4n) is 4.36. The predicted octanol–water partition coefficient (Wildman–Crippen LogP) is 5.37. The largest absolute Gasteiger partial charge is 0.497 e. The Bertz CT molecular complexity index is 1220. The zero-order valence-corrected chi connectivity index (χ0v) is 20.0. The van der Waals surface area contributed by atoms with E-state index in [2.05, 4.69) is 10.3 Å². The number of piperidine rings is 1. The number of ketones is 1. The van der Waals surface area contributed by atoms with Gasteiger partial charge in [0.05, 0.1) is 25.4 Å². The van der Waals surface area contributed by atoms with Gasteiger partial charge < -0.3 is 15.0 Å². The molecule has 2 amide bonds. The molecule has 1 N–H and O–H groups in total. The molecule has 0 bridgehead atoms. The standard InChI is InChI=1S/C28H28FN3O3/c1-28(2)25(16-19-7-13-24(35-3)14-8-19)32(27(34)31-22-11-9-21(29)10-12-22)18-20(26(28)33)17-23-6-4-5-15-30-23/h4-15,17,25H,16,18H2,1-3H3,(H,31,34)/b20-17+. The van der Waals surface area contributed by atoms with Gasteiger partial charge in [-0.15, -0.1) is 0 Å². The number of likely N-dealkylation sites (tertiary alicyclic amines) is 1. The van der Waals surface area contributed by atoms with Crippen LogP contribution in [0.2, 0.25) is 0 Å². The highest BCUT2D eigenvalue weighted by molar-refractivity contribution is 6.06. The van der Waals surface area contributed by atoms with E-state index in [1.54, 1.807) is 24.3 Å². The molecule has 1 atom stereocenters. The van der Waals surface area contributed by atoms with Crippen LogP contribution in [0.4, 0.5) is 14.9 Å². The van der Waals surface area contributed by atoms with Crippen LogP contribution in [0.5, 0.6) is 5.75 Å². The molecular weight excluding hydrogens is 445 g/mol. The lowest BCUT2D eigenvalue weighted by Crippen LogP contribution is -2.59. The van der Waals surface area contributed by atoms with Gasteiger partial charge in [0, 0.05) is 22.9 Å². The number of anilines is 1. The number of rotatable bonds is 5.